The number of benzene rings is 1. The number of hydrogen-bond acceptors (Lipinski definition) is 4. The molecular weight excluding hydrogens is 420 g/mol. The molecule has 0 N–H and O–H groups in total. The van der Waals surface area contributed by atoms with Crippen molar-refractivity contribution < 1.29 is 13.2 Å². The lowest BCUT2D eigenvalue weighted by Crippen LogP contribution is -2.41. The van der Waals surface area contributed by atoms with Crippen molar-refractivity contribution in [2.24, 2.45) is 7.05 Å². The molecule has 0 amide bonds. The maximum absolute atomic E-state index is 12.8. The van der Waals surface area contributed by atoms with Crippen LogP contribution in [0.25, 0.3) is 0 Å². The van der Waals surface area contributed by atoms with Crippen LogP contribution in [0.15, 0.2) is 50.6 Å². The third-order valence-corrected chi connectivity index (χ3v) is 7.55. The van der Waals surface area contributed by atoms with Gasteiger partial charge in [0.15, 0.2) is 0 Å². The van der Waals surface area contributed by atoms with E-state index in [4.69, 9.17) is 4.74 Å². The van der Waals surface area contributed by atoms with Crippen LogP contribution in [0.1, 0.15) is 18.5 Å². The molecule has 1 fully saturated rings. The number of pyridine rings is 1. The molecule has 0 spiro atoms. The van der Waals surface area contributed by atoms with Crippen molar-refractivity contribution in [2.75, 3.05) is 13.1 Å². The first kappa shape index (κ1) is 19.1. The Bertz CT molecular complexity index is 963. The zero-order chi connectivity index (χ0) is 18.9. The summed E-state index contributed by atoms with van der Waals surface area (Å²) in [4.78, 5) is 12.1. The van der Waals surface area contributed by atoms with Crippen LogP contribution in [-0.4, -0.2) is 36.5 Å². The van der Waals surface area contributed by atoms with Crippen molar-refractivity contribution in [3.05, 3.63) is 56.9 Å². The van der Waals surface area contributed by atoms with Crippen LogP contribution in [0.2, 0.25) is 0 Å². The van der Waals surface area contributed by atoms with Crippen molar-refractivity contribution in [2.45, 2.75) is 30.8 Å². The Balaban J connectivity index is 1.68. The molecule has 0 aliphatic carbocycles. The van der Waals surface area contributed by atoms with E-state index in [9.17, 15) is 13.2 Å². The van der Waals surface area contributed by atoms with Gasteiger partial charge in [-0.25, -0.2) is 8.42 Å². The molecule has 0 atom stereocenters. The van der Waals surface area contributed by atoms with Gasteiger partial charge in [-0.15, -0.1) is 0 Å². The molecule has 140 valence electrons. The molecule has 3 rings (SSSR count). The van der Waals surface area contributed by atoms with Gasteiger partial charge in [0.2, 0.25) is 10.0 Å². The van der Waals surface area contributed by atoms with Gasteiger partial charge in [-0.05, 0) is 53.9 Å². The van der Waals surface area contributed by atoms with Gasteiger partial charge >= 0.3 is 0 Å². The Morgan fingerprint density at radius 3 is 2.42 bits per heavy atom. The fraction of sp³-hybridized carbons (Fsp3) is 0.389. The van der Waals surface area contributed by atoms with E-state index in [-0.39, 0.29) is 16.6 Å². The summed E-state index contributed by atoms with van der Waals surface area (Å²) in [6, 6.07) is 10.1. The number of piperidine rings is 1. The van der Waals surface area contributed by atoms with Gasteiger partial charge < -0.3 is 9.30 Å². The summed E-state index contributed by atoms with van der Waals surface area (Å²) in [6.45, 7) is 2.62. The number of aryl methyl sites for hydroxylation is 1. The zero-order valence-electron chi connectivity index (χ0n) is 14.7. The van der Waals surface area contributed by atoms with Crippen LogP contribution in [0.4, 0.5) is 0 Å². The summed E-state index contributed by atoms with van der Waals surface area (Å²) < 4.78 is 35.1. The highest BCUT2D eigenvalue weighted by molar-refractivity contribution is 9.10. The topological polar surface area (TPSA) is 68.6 Å². The van der Waals surface area contributed by atoms with E-state index in [1.165, 1.54) is 10.4 Å². The van der Waals surface area contributed by atoms with Crippen LogP contribution in [0.3, 0.4) is 0 Å². The first-order valence-electron chi connectivity index (χ1n) is 8.38. The number of halogens is 1. The Labute approximate surface area is 161 Å². The molecule has 1 aliphatic rings. The Kier molecular flexibility index (Phi) is 5.55. The third kappa shape index (κ3) is 3.87. The van der Waals surface area contributed by atoms with Crippen molar-refractivity contribution in [3.8, 4) is 5.75 Å². The van der Waals surface area contributed by atoms with Crippen LogP contribution in [0, 0.1) is 6.92 Å². The summed E-state index contributed by atoms with van der Waals surface area (Å²) in [6.07, 6.45) is 1.06. The minimum atomic E-state index is -3.53. The maximum Gasteiger partial charge on any atom is 0.254 e. The SMILES string of the molecule is Cc1cc(OC2CCN(S(=O)(=O)c3ccccc3Br)CC2)cc(=O)n1C. The fourth-order valence-corrected chi connectivity index (χ4v) is 5.41. The van der Waals surface area contributed by atoms with Crippen LogP contribution in [0.5, 0.6) is 5.75 Å². The number of rotatable bonds is 4. The molecule has 8 heteroatoms. The molecule has 2 aromatic rings. The molecule has 26 heavy (non-hydrogen) atoms. The lowest BCUT2D eigenvalue weighted by molar-refractivity contribution is 0.134. The summed E-state index contributed by atoms with van der Waals surface area (Å²) in [5.74, 6) is 0.540. The zero-order valence-corrected chi connectivity index (χ0v) is 17.1. The Morgan fingerprint density at radius 1 is 1.15 bits per heavy atom. The van der Waals surface area contributed by atoms with Crippen LogP contribution >= 0.6 is 15.9 Å². The van der Waals surface area contributed by atoms with Crippen molar-refractivity contribution in [1.82, 2.24) is 8.87 Å². The largest absolute Gasteiger partial charge is 0.490 e. The number of nitrogens with zero attached hydrogens (tertiary/aromatic N) is 2. The number of hydrogen-bond donors (Lipinski definition) is 0. The Morgan fingerprint density at radius 2 is 1.81 bits per heavy atom. The molecule has 1 aliphatic heterocycles. The molecule has 0 radical (unpaired) electrons. The van der Waals surface area contributed by atoms with Gasteiger partial charge in [-0.3, -0.25) is 4.79 Å². The highest BCUT2D eigenvalue weighted by Gasteiger charge is 2.31. The average molecular weight is 441 g/mol. The summed E-state index contributed by atoms with van der Waals surface area (Å²) in [5, 5.41) is 0. The highest BCUT2D eigenvalue weighted by atomic mass is 79.9. The lowest BCUT2D eigenvalue weighted by Gasteiger charge is -2.31. The first-order chi connectivity index (χ1) is 12.3. The third-order valence-electron chi connectivity index (χ3n) is 4.63. The molecular formula is C18H21BrN2O4S. The minimum Gasteiger partial charge on any atom is -0.490 e. The second kappa shape index (κ2) is 7.54. The van der Waals surface area contributed by atoms with Gasteiger partial charge in [-0.2, -0.15) is 4.31 Å². The Hall–Kier alpha value is -1.64. The predicted molar refractivity (Wildman–Crippen MR) is 103 cm³/mol. The number of ether oxygens (including phenoxy) is 1. The van der Waals surface area contributed by atoms with E-state index >= 15 is 0 Å². The molecule has 0 saturated carbocycles. The van der Waals surface area contributed by atoms with Crippen LogP contribution < -0.4 is 10.3 Å². The second-order valence-electron chi connectivity index (χ2n) is 6.38. The highest BCUT2D eigenvalue weighted by Crippen LogP contribution is 2.28. The quantitative estimate of drug-likeness (QED) is 0.732. The van der Waals surface area contributed by atoms with Gasteiger partial charge in [0.1, 0.15) is 11.9 Å². The summed E-state index contributed by atoms with van der Waals surface area (Å²) >= 11 is 3.31. The molecule has 1 aromatic heterocycles. The average Bonchev–Trinajstić information content (AvgIpc) is 2.60. The van der Waals surface area contributed by atoms with E-state index in [0.717, 1.165) is 5.69 Å². The van der Waals surface area contributed by atoms with E-state index in [2.05, 4.69) is 15.9 Å². The van der Waals surface area contributed by atoms with Gasteiger partial charge in [0.05, 0.1) is 4.90 Å². The van der Waals surface area contributed by atoms with E-state index in [1.807, 2.05) is 13.0 Å². The van der Waals surface area contributed by atoms with Crippen molar-refractivity contribution >= 4 is 26.0 Å². The number of aromatic nitrogens is 1. The summed E-state index contributed by atoms with van der Waals surface area (Å²) in [5.41, 5.74) is 0.704. The van der Waals surface area contributed by atoms with Crippen molar-refractivity contribution in [3.63, 3.8) is 0 Å². The van der Waals surface area contributed by atoms with E-state index in [0.29, 0.717) is 36.2 Å². The number of sulfonamides is 1. The van der Waals surface area contributed by atoms with Gasteiger partial charge in [0.25, 0.3) is 5.56 Å². The molecule has 1 saturated heterocycles. The van der Waals surface area contributed by atoms with Crippen LogP contribution in [-0.2, 0) is 17.1 Å². The standard InChI is InChI=1S/C18H21BrN2O4S/c1-13-11-15(12-18(22)20(13)2)25-14-7-9-21(10-8-14)26(23,24)17-6-4-3-5-16(17)19/h3-6,11-12,14H,7-10H2,1-2H3. The first-order valence-corrected chi connectivity index (χ1v) is 10.6. The van der Waals surface area contributed by atoms with Crippen molar-refractivity contribution in [1.29, 1.82) is 0 Å². The van der Waals surface area contributed by atoms with Gasteiger partial charge in [0, 0.05) is 36.4 Å². The normalized spacial score (nSPS) is 16.6. The maximum atomic E-state index is 12.8. The molecule has 2 heterocycles. The molecule has 1 aromatic carbocycles. The molecule has 0 bridgehead atoms. The molecule has 0 unspecified atom stereocenters. The lowest BCUT2D eigenvalue weighted by atomic mass is 10.1. The van der Waals surface area contributed by atoms with E-state index in [1.54, 1.807) is 35.9 Å². The van der Waals surface area contributed by atoms with Gasteiger partial charge in [-0.1, -0.05) is 12.1 Å². The minimum absolute atomic E-state index is 0.104. The van der Waals surface area contributed by atoms with E-state index < -0.39 is 10.0 Å². The summed E-state index contributed by atoms with van der Waals surface area (Å²) in [7, 11) is -1.82. The smallest absolute Gasteiger partial charge is 0.254 e. The predicted octanol–water partition coefficient (Wildman–Crippen LogP) is 2.69. The molecule has 6 nitrogen and oxygen atoms in total. The monoisotopic (exact) mass is 440 g/mol. The fourth-order valence-electron chi connectivity index (χ4n) is 2.98. The second-order valence-corrected chi connectivity index (χ2v) is 9.14.